The Kier molecular flexibility index (Phi) is 7.74. The van der Waals surface area contributed by atoms with Crippen molar-refractivity contribution in [2.45, 2.75) is 32.0 Å². The average molecular weight is 419 g/mol. The Morgan fingerprint density at radius 2 is 1.11 bits per heavy atom. The van der Waals surface area contributed by atoms with Crippen molar-refractivity contribution in [3.63, 3.8) is 0 Å². The van der Waals surface area contributed by atoms with Gasteiger partial charge in [0, 0.05) is 11.1 Å². The van der Waals surface area contributed by atoms with Crippen LogP contribution in [-0.2, 0) is 0 Å². The second-order valence-corrected chi connectivity index (χ2v) is 11.3. The molecule has 0 unspecified atom stereocenters. The minimum absolute atomic E-state index is 0.137. The number of alkyl halides is 6. The number of rotatable bonds is 3. The standard InChI is InChI=1S/C11H14F3NSi.C8H5F3O/c1-16(2,3)15-10(11(12,13)14)9-7-5-4-6-8-9;9-8(10,11)7(12)6-4-2-1-3-5-6/h4-8H,1-3H3;1-5H. The largest absolute Gasteiger partial charge is 0.454 e. The summed E-state index contributed by atoms with van der Waals surface area (Å²) in [4.78, 5) is 10.5. The third-order valence-electron chi connectivity index (χ3n) is 3.06. The van der Waals surface area contributed by atoms with Crippen molar-refractivity contribution in [1.82, 2.24) is 0 Å². The van der Waals surface area contributed by atoms with Crippen molar-refractivity contribution >= 4 is 19.7 Å². The van der Waals surface area contributed by atoms with E-state index in [9.17, 15) is 31.1 Å². The van der Waals surface area contributed by atoms with E-state index in [0.717, 1.165) is 12.1 Å². The van der Waals surface area contributed by atoms with Crippen LogP contribution in [0.15, 0.2) is 65.3 Å². The summed E-state index contributed by atoms with van der Waals surface area (Å²) >= 11 is 0. The lowest BCUT2D eigenvalue weighted by Crippen LogP contribution is -2.30. The number of hydrogen-bond acceptors (Lipinski definition) is 2. The molecule has 2 aromatic rings. The molecule has 0 atom stereocenters. The van der Waals surface area contributed by atoms with Gasteiger partial charge in [0.25, 0.3) is 5.78 Å². The van der Waals surface area contributed by atoms with E-state index in [2.05, 4.69) is 4.66 Å². The number of benzene rings is 2. The van der Waals surface area contributed by atoms with Gasteiger partial charge in [-0.15, -0.1) is 0 Å². The molecule has 0 heterocycles. The van der Waals surface area contributed by atoms with E-state index in [1.54, 1.807) is 43.9 Å². The number of hydrogen-bond donors (Lipinski definition) is 0. The van der Waals surface area contributed by atoms with Crippen molar-refractivity contribution in [3.05, 3.63) is 71.8 Å². The molecule has 0 aliphatic rings. The van der Waals surface area contributed by atoms with Gasteiger partial charge in [0.1, 0.15) is 5.71 Å². The minimum atomic E-state index is -4.78. The van der Waals surface area contributed by atoms with Crippen LogP contribution < -0.4 is 0 Å². The molecule has 0 amide bonds. The Morgan fingerprint density at radius 3 is 1.43 bits per heavy atom. The molecule has 0 aromatic heterocycles. The Morgan fingerprint density at radius 1 is 0.714 bits per heavy atom. The van der Waals surface area contributed by atoms with E-state index < -0.39 is 32.1 Å². The van der Waals surface area contributed by atoms with Crippen molar-refractivity contribution in [1.29, 1.82) is 0 Å². The summed E-state index contributed by atoms with van der Waals surface area (Å²) in [5.74, 6) is -1.80. The zero-order valence-electron chi connectivity index (χ0n) is 15.4. The first kappa shape index (κ1) is 23.6. The summed E-state index contributed by atoms with van der Waals surface area (Å²) < 4.78 is 77.7. The van der Waals surface area contributed by atoms with E-state index >= 15 is 0 Å². The van der Waals surface area contributed by atoms with E-state index in [0.29, 0.717) is 0 Å². The number of halogens is 6. The summed E-state index contributed by atoms with van der Waals surface area (Å²) in [6.45, 7) is 5.34. The number of carbonyl (C=O) groups is 1. The van der Waals surface area contributed by atoms with Crippen LogP contribution in [0.2, 0.25) is 19.6 Å². The summed E-state index contributed by atoms with van der Waals surface area (Å²) in [5.41, 5.74) is -0.949. The van der Waals surface area contributed by atoms with Crippen LogP contribution in [0, 0.1) is 0 Å². The van der Waals surface area contributed by atoms with Gasteiger partial charge in [-0.1, -0.05) is 60.7 Å². The van der Waals surface area contributed by atoms with Crippen molar-refractivity contribution < 1.29 is 31.1 Å². The summed E-state index contributed by atoms with van der Waals surface area (Å²) in [7, 11) is -2.14. The number of carbonyl (C=O) groups excluding carboxylic acids is 1. The number of ketones is 1. The maximum absolute atomic E-state index is 12.8. The van der Waals surface area contributed by atoms with Gasteiger partial charge in [0.15, 0.2) is 8.24 Å². The smallest absolute Gasteiger partial charge is 0.317 e. The molecule has 0 fully saturated rings. The molecular formula is C19H19F6NOSi. The molecular weight excluding hydrogens is 400 g/mol. The molecule has 2 nitrogen and oxygen atoms in total. The van der Waals surface area contributed by atoms with Crippen LogP contribution in [0.1, 0.15) is 15.9 Å². The summed E-state index contributed by atoms with van der Waals surface area (Å²) in [6.07, 6.45) is -9.16. The van der Waals surface area contributed by atoms with Gasteiger partial charge < -0.3 is 4.66 Å². The molecule has 0 bridgehead atoms. The highest BCUT2D eigenvalue weighted by atomic mass is 28.3. The van der Waals surface area contributed by atoms with Gasteiger partial charge >= 0.3 is 12.4 Å². The van der Waals surface area contributed by atoms with Crippen LogP contribution in [0.5, 0.6) is 0 Å². The third kappa shape index (κ3) is 8.08. The molecule has 0 spiro atoms. The van der Waals surface area contributed by atoms with Gasteiger partial charge in [-0.25, -0.2) is 0 Å². The third-order valence-corrected chi connectivity index (χ3v) is 3.95. The molecule has 0 N–H and O–H groups in total. The lowest BCUT2D eigenvalue weighted by molar-refractivity contribution is -0.0885. The molecule has 2 aromatic carbocycles. The van der Waals surface area contributed by atoms with Gasteiger partial charge in [-0.05, 0) is 19.6 Å². The van der Waals surface area contributed by atoms with Gasteiger partial charge in [-0.2, -0.15) is 26.3 Å². The van der Waals surface area contributed by atoms with Gasteiger partial charge in [0.05, 0.1) is 0 Å². The van der Waals surface area contributed by atoms with Crippen LogP contribution >= 0.6 is 0 Å². The van der Waals surface area contributed by atoms with Crippen molar-refractivity contribution in [2.24, 2.45) is 4.66 Å². The molecule has 0 aliphatic carbocycles. The molecule has 152 valence electrons. The maximum Gasteiger partial charge on any atom is 0.454 e. The molecule has 0 radical (unpaired) electrons. The van der Waals surface area contributed by atoms with E-state index in [1.165, 1.54) is 24.3 Å². The van der Waals surface area contributed by atoms with Crippen LogP contribution in [0.4, 0.5) is 26.3 Å². The molecule has 0 aliphatic heterocycles. The van der Waals surface area contributed by atoms with Gasteiger partial charge in [0.2, 0.25) is 0 Å². The van der Waals surface area contributed by atoms with E-state index in [4.69, 9.17) is 0 Å². The highest BCUT2D eigenvalue weighted by molar-refractivity contribution is 6.75. The number of nitrogens with zero attached hydrogens (tertiary/aromatic N) is 1. The highest BCUT2D eigenvalue weighted by Gasteiger charge is 2.39. The Labute approximate surface area is 160 Å². The predicted octanol–water partition coefficient (Wildman–Crippen LogP) is 6.30. The first-order chi connectivity index (χ1) is 12.7. The molecule has 28 heavy (non-hydrogen) atoms. The van der Waals surface area contributed by atoms with Crippen molar-refractivity contribution in [2.75, 3.05) is 0 Å². The topological polar surface area (TPSA) is 29.4 Å². The molecule has 0 saturated carbocycles. The Bertz CT molecular complexity index is 793. The maximum atomic E-state index is 12.8. The number of Topliss-reactive ketones (excluding diaryl/α,β-unsaturated/α-hetero) is 1. The van der Waals surface area contributed by atoms with E-state index in [1.807, 2.05) is 0 Å². The monoisotopic (exact) mass is 419 g/mol. The zero-order valence-corrected chi connectivity index (χ0v) is 16.4. The summed E-state index contributed by atoms with van der Waals surface area (Å²) in [5, 5.41) is 0. The van der Waals surface area contributed by atoms with Crippen molar-refractivity contribution in [3.8, 4) is 0 Å². The lowest BCUT2D eigenvalue weighted by atomic mass is 10.1. The highest BCUT2D eigenvalue weighted by Crippen LogP contribution is 2.24. The second-order valence-electron chi connectivity index (χ2n) is 6.69. The summed E-state index contributed by atoms with van der Waals surface area (Å²) in [6, 6.07) is 14.3. The predicted molar refractivity (Wildman–Crippen MR) is 99.2 cm³/mol. The fourth-order valence-electron chi connectivity index (χ4n) is 1.98. The second kappa shape index (κ2) is 9.18. The van der Waals surface area contributed by atoms with Crippen LogP contribution in [0.3, 0.4) is 0 Å². The minimum Gasteiger partial charge on any atom is -0.317 e. The molecule has 9 heteroatoms. The lowest BCUT2D eigenvalue weighted by Gasteiger charge is -2.16. The SMILES string of the molecule is C[Si](C)(C)N=C(c1ccccc1)C(F)(F)F.O=C(c1ccccc1)C(F)(F)F. The molecule has 0 saturated heterocycles. The Hall–Kier alpha value is -2.42. The average Bonchev–Trinajstić information content (AvgIpc) is 2.59. The fourth-order valence-corrected chi connectivity index (χ4v) is 2.90. The first-order valence-corrected chi connectivity index (χ1v) is 11.6. The van der Waals surface area contributed by atoms with E-state index in [-0.39, 0.29) is 11.1 Å². The van der Waals surface area contributed by atoms with Gasteiger partial charge in [-0.3, -0.25) is 4.79 Å². The van der Waals surface area contributed by atoms with Crippen LogP contribution in [0.25, 0.3) is 0 Å². The normalized spacial score (nSPS) is 12.8. The first-order valence-electron chi connectivity index (χ1n) is 8.11. The zero-order chi connectivity index (χ0) is 21.6. The molecule has 2 rings (SSSR count). The quantitative estimate of drug-likeness (QED) is 0.248. The fraction of sp³-hybridized carbons (Fsp3) is 0.263. The Balaban J connectivity index is 0.000000292. The van der Waals surface area contributed by atoms with Crippen LogP contribution in [-0.4, -0.2) is 32.1 Å².